The number of ether oxygens (including phenoxy) is 1. The lowest BCUT2D eigenvalue weighted by molar-refractivity contribution is 0.357. The highest BCUT2D eigenvalue weighted by atomic mass is 16.5. The molecular formula is C24H33N5O. The number of aliphatic imine (C=N–C) groups is 1. The van der Waals surface area contributed by atoms with Crippen LogP contribution in [-0.4, -0.2) is 44.2 Å². The second-order valence-electron chi connectivity index (χ2n) is 8.07. The standard InChI is InChI=1S/C24H33N5O/c1-25-24(27-12-8-19-6-7-22-21(16-19)10-15-30-22)28-18-20-9-11-26-23(17-20)29-13-4-2-3-5-14-29/h6-7,9,11,16-17H,2-5,8,10,12-15,18H2,1H3,(H2,25,27,28). The van der Waals surface area contributed by atoms with Gasteiger partial charge in [0.2, 0.25) is 0 Å². The van der Waals surface area contributed by atoms with Crippen LogP contribution in [0.1, 0.15) is 42.4 Å². The average molecular weight is 408 g/mol. The minimum absolute atomic E-state index is 0.735. The number of hydrogen-bond acceptors (Lipinski definition) is 4. The number of aromatic nitrogens is 1. The molecule has 1 saturated heterocycles. The molecule has 0 amide bonds. The molecule has 6 heteroatoms. The fourth-order valence-electron chi connectivity index (χ4n) is 4.17. The minimum atomic E-state index is 0.735. The summed E-state index contributed by atoms with van der Waals surface area (Å²) < 4.78 is 5.59. The zero-order valence-electron chi connectivity index (χ0n) is 18.0. The van der Waals surface area contributed by atoms with Crippen molar-refractivity contribution in [3.63, 3.8) is 0 Å². The highest BCUT2D eigenvalue weighted by molar-refractivity contribution is 5.79. The maximum absolute atomic E-state index is 5.59. The summed E-state index contributed by atoms with van der Waals surface area (Å²) in [5.41, 5.74) is 3.89. The van der Waals surface area contributed by atoms with Gasteiger partial charge in [-0.05, 0) is 54.2 Å². The Bertz CT molecular complexity index is 858. The van der Waals surface area contributed by atoms with Crippen molar-refractivity contribution in [1.82, 2.24) is 15.6 Å². The van der Waals surface area contributed by atoms with Gasteiger partial charge in [-0.3, -0.25) is 4.99 Å². The zero-order chi connectivity index (χ0) is 20.6. The first kappa shape index (κ1) is 20.5. The number of guanidine groups is 1. The van der Waals surface area contributed by atoms with Gasteiger partial charge in [-0.2, -0.15) is 0 Å². The van der Waals surface area contributed by atoms with Crippen LogP contribution in [0.3, 0.4) is 0 Å². The summed E-state index contributed by atoms with van der Waals surface area (Å²) in [6.07, 6.45) is 9.09. The van der Waals surface area contributed by atoms with E-state index in [4.69, 9.17) is 4.74 Å². The Labute approximate surface area is 179 Å². The Balaban J connectivity index is 1.25. The van der Waals surface area contributed by atoms with E-state index in [0.717, 1.165) is 63.2 Å². The monoisotopic (exact) mass is 407 g/mol. The van der Waals surface area contributed by atoms with Gasteiger partial charge in [0.15, 0.2) is 5.96 Å². The topological polar surface area (TPSA) is 61.8 Å². The van der Waals surface area contributed by atoms with Gasteiger partial charge in [-0.1, -0.05) is 25.0 Å². The van der Waals surface area contributed by atoms with Gasteiger partial charge in [-0.15, -0.1) is 0 Å². The van der Waals surface area contributed by atoms with Crippen LogP contribution in [0, 0.1) is 0 Å². The van der Waals surface area contributed by atoms with Gasteiger partial charge < -0.3 is 20.3 Å². The van der Waals surface area contributed by atoms with Crippen LogP contribution in [0.4, 0.5) is 5.82 Å². The summed E-state index contributed by atoms with van der Waals surface area (Å²) in [5, 5.41) is 6.85. The van der Waals surface area contributed by atoms with E-state index >= 15 is 0 Å². The number of benzene rings is 1. The molecule has 0 saturated carbocycles. The van der Waals surface area contributed by atoms with E-state index in [0.29, 0.717) is 0 Å². The molecule has 160 valence electrons. The maximum Gasteiger partial charge on any atom is 0.191 e. The van der Waals surface area contributed by atoms with Crippen LogP contribution in [0.2, 0.25) is 0 Å². The fourth-order valence-corrected chi connectivity index (χ4v) is 4.17. The molecule has 0 atom stereocenters. The van der Waals surface area contributed by atoms with Crippen molar-refractivity contribution in [2.24, 2.45) is 4.99 Å². The van der Waals surface area contributed by atoms with E-state index in [1.807, 2.05) is 13.2 Å². The van der Waals surface area contributed by atoms with Crippen LogP contribution in [0.25, 0.3) is 0 Å². The van der Waals surface area contributed by atoms with Crippen molar-refractivity contribution in [3.05, 3.63) is 53.2 Å². The van der Waals surface area contributed by atoms with Gasteiger partial charge in [0.1, 0.15) is 11.6 Å². The number of hydrogen-bond donors (Lipinski definition) is 2. The van der Waals surface area contributed by atoms with Gasteiger partial charge in [0, 0.05) is 45.8 Å². The van der Waals surface area contributed by atoms with E-state index in [1.165, 1.54) is 42.4 Å². The molecule has 4 rings (SSSR count). The lowest BCUT2D eigenvalue weighted by Gasteiger charge is -2.22. The molecule has 0 unspecified atom stereocenters. The molecule has 6 nitrogen and oxygen atoms in total. The molecule has 2 aliphatic heterocycles. The van der Waals surface area contributed by atoms with Gasteiger partial charge in [-0.25, -0.2) is 4.98 Å². The van der Waals surface area contributed by atoms with E-state index in [1.54, 1.807) is 0 Å². The highest BCUT2D eigenvalue weighted by Crippen LogP contribution is 2.25. The zero-order valence-corrected chi connectivity index (χ0v) is 18.0. The molecule has 2 N–H and O–H groups in total. The van der Waals surface area contributed by atoms with Crippen LogP contribution in [0.15, 0.2) is 41.5 Å². The number of nitrogens with one attached hydrogen (secondary N) is 2. The third kappa shape index (κ3) is 5.43. The fraction of sp³-hybridized carbons (Fsp3) is 0.500. The summed E-state index contributed by atoms with van der Waals surface area (Å²) in [4.78, 5) is 11.4. The summed E-state index contributed by atoms with van der Waals surface area (Å²) >= 11 is 0. The van der Waals surface area contributed by atoms with Crippen LogP contribution in [0.5, 0.6) is 5.75 Å². The molecule has 1 aromatic carbocycles. The normalized spacial score (nSPS) is 16.6. The molecule has 2 aliphatic rings. The van der Waals surface area contributed by atoms with Crippen molar-refractivity contribution < 1.29 is 4.74 Å². The number of anilines is 1. The molecule has 0 radical (unpaired) electrons. The number of fused-ring (bicyclic) bond motifs is 1. The Kier molecular flexibility index (Phi) is 7.06. The quantitative estimate of drug-likeness (QED) is 0.568. The Morgan fingerprint density at radius 1 is 1.07 bits per heavy atom. The van der Waals surface area contributed by atoms with E-state index in [-0.39, 0.29) is 0 Å². The van der Waals surface area contributed by atoms with Crippen molar-refractivity contribution in [2.45, 2.75) is 45.1 Å². The molecule has 2 aromatic rings. The van der Waals surface area contributed by atoms with Gasteiger partial charge in [0.25, 0.3) is 0 Å². The molecule has 3 heterocycles. The van der Waals surface area contributed by atoms with Gasteiger partial charge in [0.05, 0.1) is 6.61 Å². The predicted octanol–water partition coefficient (Wildman–Crippen LogP) is 3.30. The third-order valence-electron chi connectivity index (χ3n) is 5.88. The van der Waals surface area contributed by atoms with Crippen molar-refractivity contribution in [1.29, 1.82) is 0 Å². The third-order valence-corrected chi connectivity index (χ3v) is 5.88. The predicted molar refractivity (Wildman–Crippen MR) is 122 cm³/mol. The van der Waals surface area contributed by atoms with Crippen molar-refractivity contribution >= 4 is 11.8 Å². The Morgan fingerprint density at radius 3 is 2.77 bits per heavy atom. The summed E-state index contributed by atoms with van der Waals surface area (Å²) in [6.45, 7) is 4.61. The smallest absolute Gasteiger partial charge is 0.191 e. The van der Waals surface area contributed by atoms with Crippen molar-refractivity contribution in [2.75, 3.05) is 38.2 Å². The largest absolute Gasteiger partial charge is 0.493 e. The molecule has 1 aromatic heterocycles. The van der Waals surface area contributed by atoms with Crippen LogP contribution < -0.4 is 20.3 Å². The van der Waals surface area contributed by atoms with E-state index in [2.05, 4.69) is 55.8 Å². The second-order valence-corrected chi connectivity index (χ2v) is 8.07. The van der Waals surface area contributed by atoms with E-state index in [9.17, 15) is 0 Å². The lowest BCUT2D eigenvalue weighted by Crippen LogP contribution is -2.37. The summed E-state index contributed by atoms with van der Waals surface area (Å²) in [5.74, 6) is 2.97. The second kappa shape index (κ2) is 10.3. The molecule has 0 spiro atoms. The molecule has 1 fully saturated rings. The SMILES string of the molecule is CN=C(NCCc1ccc2c(c1)CCO2)NCc1ccnc(N2CCCCCC2)c1. The van der Waals surface area contributed by atoms with Crippen LogP contribution >= 0.6 is 0 Å². The summed E-state index contributed by atoms with van der Waals surface area (Å²) in [7, 11) is 1.82. The average Bonchev–Trinajstić information content (AvgIpc) is 3.08. The number of pyridine rings is 1. The minimum Gasteiger partial charge on any atom is -0.493 e. The van der Waals surface area contributed by atoms with Crippen molar-refractivity contribution in [3.8, 4) is 5.75 Å². The van der Waals surface area contributed by atoms with Crippen LogP contribution in [-0.2, 0) is 19.4 Å². The lowest BCUT2D eigenvalue weighted by atomic mass is 10.1. The Hall–Kier alpha value is -2.76. The first-order valence-corrected chi connectivity index (χ1v) is 11.2. The Morgan fingerprint density at radius 2 is 1.93 bits per heavy atom. The number of rotatable bonds is 6. The number of nitrogens with zero attached hydrogens (tertiary/aromatic N) is 3. The maximum atomic E-state index is 5.59. The first-order chi connectivity index (χ1) is 14.8. The molecule has 0 bridgehead atoms. The first-order valence-electron chi connectivity index (χ1n) is 11.2. The molecule has 30 heavy (non-hydrogen) atoms. The molecule has 0 aliphatic carbocycles. The molecular weight excluding hydrogens is 374 g/mol. The van der Waals surface area contributed by atoms with Gasteiger partial charge >= 0.3 is 0 Å². The highest BCUT2D eigenvalue weighted by Gasteiger charge is 2.13. The van der Waals surface area contributed by atoms with E-state index < -0.39 is 0 Å². The summed E-state index contributed by atoms with van der Waals surface area (Å²) in [6, 6.07) is 10.8.